The van der Waals surface area contributed by atoms with Crippen molar-refractivity contribution in [3.8, 4) is 5.75 Å². The van der Waals surface area contributed by atoms with Gasteiger partial charge in [0.25, 0.3) is 15.9 Å². The van der Waals surface area contributed by atoms with Gasteiger partial charge in [0.05, 0.1) is 31.6 Å². The number of methoxy groups -OCH3 is 1. The molecule has 3 aromatic carbocycles. The van der Waals surface area contributed by atoms with Crippen LogP contribution in [0.2, 0.25) is 0 Å². The van der Waals surface area contributed by atoms with Gasteiger partial charge in [0.1, 0.15) is 11.9 Å². The van der Waals surface area contributed by atoms with E-state index in [2.05, 4.69) is 19.9 Å². The molecule has 1 aromatic heterocycles. The van der Waals surface area contributed by atoms with E-state index in [0.717, 1.165) is 47.0 Å². The number of hydrogen-bond acceptors (Lipinski definition) is 8. The lowest BCUT2D eigenvalue weighted by Gasteiger charge is -2.22. The van der Waals surface area contributed by atoms with Gasteiger partial charge in [0.2, 0.25) is 5.91 Å². The standard InChI is InChI=1S/C39H46N4O7S/c1-26-7-3-6-10-37(26)51(47,48)42-39(46)29-12-13-31(35(21-29)49-2)25-43-24-30(14-16-34(44)36-23-40-17-18-50-36)32-15-11-28(19-33(32)43)20-38(45)41-22-27-8-4-5-9-27/h3,6-7,10-13,15,19,21,24,27,36,40H,4-5,8-9,14,16-18,20,22-23,25H2,1-2H3,(H,41,45)(H,42,46). The number of ketones is 1. The van der Waals surface area contributed by atoms with Crippen molar-refractivity contribution in [3.63, 3.8) is 0 Å². The van der Waals surface area contributed by atoms with Crippen LogP contribution in [-0.2, 0) is 43.7 Å². The molecule has 12 heteroatoms. The van der Waals surface area contributed by atoms with E-state index in [4.69, 9.17) is 9.47 Å². The fraction of sp³-hybridized carbons (Fsp3) is 0.410. The minimum atomic E-state index is -4.09. The third-order valence-corrected chi connectivity index (χ3v) is 11.4. The van der Waals surface area contributed by atoms with Crippen LogP contribution in [0.5, 0.6) is 5.75 Å². The fourth-order valence-electron chi connectivity index (χ4n) is 7.06. The minimum absolute atomic E-state index is 0.00811. The molecule has 11 nitrogen and oxygen atoms in total. The SMILES string of the molecule is COc1cc(C(=O)NS(=O)(=O)c2ccccc2C)ccc1Cn1cc(CCC(=O)C2CNCCO2)c2ccc(CC(=O)NCC3CCCC3)cc21. The van der Waals surface area contributed by atoms with Crippen LogP contribution in [-0.4, -0.2) is 70.0 Å². The lowest BCUT2D eigenvalue weighted by atomic mass is 10.0. The van der Waals surface area contributed by atoms with Gasteiger partial charge in [0, 0.05) is 54.3 Å². The molecule has 6 rings (SSSR count). The van der Waals surface area contributed by atoms with Gasteiger partial charge >= 0.3 is 0 Å². The number of nitrogens with zero attached hydrogens (tertiary/aromatic N) is 1. The lowest BCUT2D eigenvalue weighted by Crippen LogP contribution is -2.43. The van der Waals surface area contributed by atoms with E-state index >= 15 is 0 Å². The van der Waals surface area contributed by atoms with Gasteiger partial charge in [-0.1, -0.05) is 49.2 Å². The van der Waals surface area contributed by atoms with Crippen molar-refractivity contribution in [2.24, 2.45) is 5.92 Å². The quantitative estimate of drug-likeness (QED) is 0.174. The van der Waals surface area contributed by atoms with Gasteiger partial charge in [-0.15, -0.1) is 0 Å². The summed E-state index contributed by atoms with van der Waals surface area (Å²) in [6.07, 6.45) is 7.46. The molecule has 3 N–H and O–H groups in total. The lowest BCUT2D eigenvalue weighted by molar-refractivity contribution is -0.131. The second-order valence-electron chi connectivity index (χ2n) is 13.5. The number of amides is 2. The molecule has 1 saturated carbocycles. The van der Waals surface area contributed by atoms with Gasteiger partial charge in [-0.25, -0.2) is 13.1 Å². The highest BCUT2D eigenvalue weighted by Gasteiger charge is 2.24. The number of nitrogens with one attached hydrogen (secondary N) is 3. The van der Waals surface area contributed by atoms with Crippen LogP contribution < -0.4 is 20.1 Å². The summed E-state index contributed by atoms with van der Waals surface area (Å²) >= 11 is 0. The number of fused-ring (bicyclic) bond motifs is 1. The van der Waals surface area contributed by atoms with Crippen LogP contribution in [0.1, 0.15) is 64.7 Å². The molecule has 1 atom stereocenters. The summed E-state index contributed by atoms with van der Waals surface area (Å²) in [6.45, 7) is 4.50. The third-order valence-electron chi connectivity index (χ3n) is 9.88. The van der Waals surface area contributed by atoms with Gasteiger partial charge < -0.3 is 24.7 Å². The molecule has 1 unspecified atom stereocenters. The van der Waals surface area contributed by atoms with Crippen LogP contribution in [0.3, 0.4) is 0 Å². The molecular weight excluding hydrogens is 669 g/mol. The number of aromatic nitrogens is 1. The monoisotopic (exact) mass is 714 g/mol. The molecule has 0 spiro atoms. The maximum atomic E-state index is 13.1. The molecule has 4 aromatic rings. The summed E-state index contributed by atoms with van der Waals surface area (Å²) in [7, 11) is -2.59. The summed E-state index contributed by atoms with van der Waals surface area (Å²) in [5.41, 5.74) is 4.20. The predicted octanol–water partition coefficient (Wildman–Crippen LogP) is 4.46. The Hall–Kier alpha value is -4.52. The smallest absolute Gasteiger partial charge is 0.265 e. The van der Waals surface area contributed by atoms with Gasteiger partial charge in [-0.3, -0.25) is 14.4 Å². The Morgan fingerprint density at radius 2 is 1.82 bits per heavy atom. The first kappa shape index (κ1) is 36.3. The number of hydrogen-bond donors (Lipinski definition) is 3. The molecule has 2 heterocycles. The van der Waals surface area contributed by atoms with Crippen molar-refractivity contribution in [1.29, 1.82) is 0 Å². The maximum absolute atomic E-state index is 13.1. The highest BCUT2D eigenvalue weighted by molar-refractivity contribution is 7.90. The van der Waals surface area contributed by atoms with E-state index in [0.29, 0.717) is 56.3 Å². The van der Waals surface area contributed by atoms with Crippen molar-refractivity contribution in [2.45, 2.75) is 69.4 Å². The van der Waals surface area contributed by atoms with E-state index in [1.165, 1.54) is 32.1 Å². The van der Waals surface area contributed by atoms with Crippen molar-refractivity contribution < 1.29 is 32.3 Å². The molecule has 1 saturated heterocycles. The number of morpholine rings is 1. The van der Waals surface area contributed by atoms with E-state index in [-0.39, 0.29) is 28.6 Å². The van der Waals surface area contributed by atoms with Crippen molar-refractivity contribution in [3.05, 3.63) is 94.7 Å². The second kappa shape index (κ2) is 16.2. The van der Waals surface area contributed by atoms with E-state index in [1.807, 2.05) is 24.4 Å². The highest BCUT2D eigenvalue weighted by atomic mass is 32.2. The number of Topliss-reactive ketones (excluding diaryl/α,β-unsaturated/α-hetero) is 1. The molecule has 2 fully saturated rings. The predicted molar refractivity (Wildman–Crippen MR) is 194 cm³/mol. The molecule has 270 valence electrons. The van der Waals surface area contributed by atoms with E-state index < -0.39 is 22.0 Å². The summed E-state index contributed by atoms with van der Waals surface area (Å²) in [4.78, 5) is 39.1. The highest BCUT2D eigenvalue weighted by Crippen LogP contribution is 2.29. The van der Waals surface area contributed by atoms with Crippen LogP contribution in [0.25, 0.3) is 10.9 Å². The zero-order valence-corrected chi connectivity index (χ0v) is 30.0. The van der Waals surface area contributed by atoms with E-state index in [1.54, 1.807) is 37.3 Å². The Labute approximate surface area is 299 Å². The van der Waals surface area contributed by atoms with Gasteiger partial charge in [-0.2, -0.15) is 0 Å². The molecule has 2 aliphatic rings. The maximum Gasteiger partial charge on any atom is 0.265 e. The number of benzene rings is 3. The Morgan fingerprint density at radius 3 is 2.57 bits per heavy atom. The van der Waals surface area contributed by atoms with Crippen LogP contribution in [0.15, 0.2) is 71.8 Å². The summed E-state index contributed by atoms with van der Waals surface area (Å²) in [5, 5.41) is 7.31. The largest absolute Gasteiger partial charge is 0.496 e. The molecule has 1 aliphatic carbocycles. The third kappa shape index (κ3) is 8.87. The number of aryl methyl sites for hydroxylation is 2. The first-order chi connectivity index (χ1) is 24.6. The minimum Gasteiger partial charge on any atom is -0.496 e. The molecule has 0 radical (unpaired) electrons. The van der Waals surface area contributed by atoms with Crippen molar-refractivity contribution in [1.82, 2.24) is 19.9 Å². The topological polar surface area (TPSA) is 145 Å². The number of carbonyl (C=O) groups excluding carboxylic acids is 3. The van der Waals surface area contributed by atoms with Gasteiger partial charge in [-0.05, 0) is 73.1 Å². The Balaban J connectivity index is 1.23. The number of rotatable bonds is 14. The average Bonchev–Trinajstić information content (AvgIpc) is 3.78. The van der Waals surface area contributed by atoms with E-state index in [9.17, 15) is 22.8 Å². The zero-order valence-electron chi connectivity index (χ0n) is 29.2. The van der Waals surface area contributed by atoms with Crippen LogP contribution in [0, 0.1) is 12.8 Å². The average molecular weight is 715 g/mol. The second-order valence-corrected chi connectivity index (χ2v) is 15.2. The normalized spacial score (nSPS) is 16.6. The molecule has 51 heavy (non-hydrogen) atoms. The Kier molecular flexibility index (Phi) is 11.5. The summed E-state index contributed by atoms with van der Waals surface area (Å²) in [6, 6.07) is 17.3. The summed E-state index contributed by atoms with van der Waals surface area (Å²) in [5.74, 6) is 0.247. The van der Waals surface area contributed by atoms with Gasteiger partial charge in [0.15, 0.2) is 5.78 Å². The fourth-order valence-corrected chi connectivity index (χ4v) is 8.28. The summed E-state index contributed by atoms with van der Waals surface area (Å²) < 4.78 is 41.6. The van der Waals surface area contributed by atoms with Crippen LogP contribution >= 0.6 is 0 Å². The van der Waals surface area contributed by atoms with Crippen molar-refractivity contribution >= 4 is 38.5 Å². The number of ether oxygens (including phenoxy) is 2. The molecule has 0 bridgehead atoms. The van der Waals surface area contributed by atoms with Crippen molar-refractivity contribution in [2.75, 3.05) is 33.4 Å². The molecule has 1 aliphatic heterocycles. The Bertz CT molecular complexity index is 2010. The Morgan fingerprint density at radius 1 is 1.02 bits per heavy atom. The van der Waals surface area contributed by atoms with Crippen LogP contribution in [0.4, 0.5) is 0 Å². The molecule has 2 amide bonds. The first-order valence-electron chi connectivity index (χ1n) is 17.6. The molecular formula is C39H46N4O7S. The zero-order chi connectivity index (χ0) is 36.0. The first-order valence-corrected chi connectivity index (χ1v) is 19.1. The number of carbonyl (C=O) groups is 3. The number of sulfonamides is 1.